The molecule has 0 amide bonds. The largest absolute Gasteiger partial charge is 0.490 e. The number of halogens is 3. The van der Waals surface area contributed by atoms with Crippen LogP contribution in [0.25, 0.3) is 11.1 Å². The first kappa shape index (κ1) is 32.4. The Hall–Kier alpha value is -1.84. The lowest BCUT2D eigenvalue weighted by atomic mass is 9.82. The number of hydrogen-bond donors (Lipinski definition) is 2. The zero-order chi connectivity index (χ0) is 28.5. The second-order valence-corrected chi connectivity index (χ2v) is 13.5. The summed E-state index contributed by atoms with van der Waals surface area (Å²) in [4.78, 5) is 7.85. The van der Waals surface area contributed by atoms with E-state index in [0.29, 0.717) is 5.46 Å². The van der Waals surface area contributed by atoms with E-state index in [1.54, 1.807) is 24.5 Å². The van der Waals surface area contributed by atoms with Crippen LogP contribution in [0.3, 0.4) is 0 Å². The van der Waals surface area contributed by atoms with Crippen LogP contribution in [-0.2, 0) is 10.8 Å². The van der Waals surface area contributed by atoms with E-state index in [-0.39, 0.29) is 10.8 Å². The Morgan fingerprint density at radius 1 is 0.605 bits per heavy atom. The van der Waals surface area contributed by atoms with Gasteiger partial charge in [-0.1, -0.05) is 108 Å². The predicted octanol–water partition coefficient (Wildman–Crippen LogP) is 8.08. The maximum absolute atomic E-state index is 8.54. The summed E-state index contributed by atoms with van der Waals surface area (Å²) >= 11 is 10.5. The third-order valence-corrected chi connectivity index (χ3v) is 6.84. The van der Waals surface area contributed by atoms with Crippen LogP contribution < -0.4 is 5.46 Å². The van der Waals surface area contributed by atoms with E-state index in [4.69, 9.17) is 10.0 Å². The Morgan fingerprint density at radius 2 is 1.08 bits per heavy atom. The summed E-state index contributed by atoms with van der Waals surface area (Å²) in [5.74, 6) is 0. The Kier molecular flexibility index (Phi) is 12.4. The maximum Gasteiger partial charge on any atom is 0.490 e. The predicted molar refractivity (Wildman–Crippen MR) is 171 cm³/mol. The molecule has 8 heteroatoms. The van der Waals surface area contributed by atoms with E-state index < -0.39 is 7.12 Å². The molecule has 2 N–H and O–H groups in total. The highest BCUT2D eigenvalue weighted by molar-refractivity contribution is 9.11. The summed E-state index contributed by atoms with van der Waals surface area (Å²) in [5, 5.41) is 17.1. The zero-order valence-electron chi connectivity index (χ0n) is 22.6. The van der Waals surface area contributed by atoms with Crippen molar-refractivity contribution in [2.24, 2.45) is 0 Å². The van der Waals surface area contributed by atoms with Crippen LogP contribution in [0.5, 0.6) is 0 Å². The molecular weight excluding hydrogens is 671 g/mol. The van der Waals surface area contributed by atoms with Gasteiger partial charge in [0.1, 0.15) is 0 Å². The van der Waals surface area contributed by atoms with Gasteiger partial charge in [0.2, 0.25) is 0 Å². The molecule has 4 aromatic rings. The van der Waals surface area contributed by atoms with E-state index in [1.165, 1.54) is 22.9 Å². The minimum absolute atomic E-state index is 0.154. The third-order valence-electron chi connectivity index (χ3n) is 5.47. The normalized spacial score (nSPS) is 11.0. The number of nitrogens with zero attached hydrogens (tertiary/aromatic N) is 2. The monoisotopic (exact) mass is 702 g/mol. The molecule has 0 radical (unpaired) electrons. The van der Waals surface area contributed by atoms with Crippen molar-refractivity contribution in [3.63, 3.8) is 0 Å². The summed E-state index contributed by atoms with van der Waals surface area (Å²) in [6.45, 7) is 13.3. The highest BCUT2D eigenvalue weighted by Gasteiger charge is 2.16. The van der Waals surface area contributed by atoms with Crippen molar-refractivity contribution in [2.45, 2.75) is 52.4 Å². The fourth-order valence-electron chi connectivity index (χ4n) is 3.24. The van der Waals surface area contributed by atoms with Crippen LogP contribution in [0.15, 0.2) is 98.9 Å². The molecule has 0 aliphatic carbocycles. The van der Waals surface area contributed by atoms with Crippen molar-refractivity contribution in [3.05, 3.63) is 110 Å². The number of aromatic nitrogens is 2. The second-order valence-electron chi connectivity index (χ2n) is 10.8. The second kappa shape index (κ2) is 14.5. The van der Waals surface area contributed by atoms with Gasteiger partial charge in [-0.25, -0.2) is 0 Å². The van der Waals surface area contributed by atoms with E-state index >= 15 is 0 Å². The van der Waals surface area contributed by atoms with Gasteiger partial charge >= 0.3 is 7.12 Å². The Bertz CT molecular complexity index is 1270. The number of benzene rings is 2. The van der Waals surface area contributed by atoms with Gasteiger partial charge in [0.15, 0.2) is 0 Å². The summed E-state index contributed by atoms with van der Waals surface area (Å²) in [6, 6.07) is 20.2. The lowest BCUT2D eigenvalue weighted by molar-refractivity contribution is 0.425. The molecule has 4 rings (SSSR count). The first-order valence-corrected chi connectivity index (χ1v) is 14.5. The quantitative estimate of drug-likeness (QED) is 0.207. The van der Waals surface area contributed by atoms with Gasteiger partial charge in [0.25, 0.3) is 0 Å². The summed E-state index contributed by atoms with van der Waals surface area (Å²) < 4.78 is 3.37. The average molecular weight is 705 g/mol. The van der Waals surface area contributed by atoms with E-state index in [1.807, 2.05) is 12.3 Å². The maximum atomic E-state index is 8.54. The van der Waals surface area contributed by atoms with Crippen LogP contribution in [0.4, 0.5) is 0 Å². The fourth-order valence-corrected chi connectivity index (χ4v) is 5.03. The highest BCUT2D eigenvalue weighted by Crippen LogP contribution is 2.31. The van der Waals surface area contributed by atoms with Gasteiger partial charge in [-0.05, 0) is 70.0 Å². The summed E-state index contributed by atoms with van der Waals surface area (Å²) in [7, 11) is -1.40. The first-order valence-electron chi connectivity index (χ1n) is 12.1. The van der Waals surface area contributed by atoms with Gasteiger partial charge in [-0.2, -0.15) is 0 Å². The van der Waals surface area contributed by atoms with E-state index in [2.05, 4.69) is 142 Å². The van der Waals surface area contributed by atoms with Gasteiger partial charge < -0.3 is 10.0 Å². The average Bonchev–Trinajstić information content (AvgIpc) is 2.84. The zero-order valence-corrected chi connectivity index (χ0v) is 27.3. The molecule has 0 unspecified atom stereocenters. The molecule has 200 valence electrons. The summed E-state index contributed by atoms with van der Waals surface area (Å²) in [6.07, 6.45) is 6.68. The van der Waals surface area contributed by atoms with Gasteiger partial charge in [0, 0.05) is 49.2 Å². The smallest absolute Gasteiger partial charge is 0.423 e. The van der Waals surface area contributed by atoms with Crippen LogP contribution >= 0.6 is 47.8 Å². The fraction of sp³-hybridized carbons (Fsp3) is 0.267. The lowest BCUT2D eigenvalue weighted by Gasteiger charge is -2.20. The molecule has 0 aliphatic rings. The van der Waals surface area contributed by atoms with Crippen molar-refractivity contribution in [3.8, 4) is 11.1 Å². The Balaban J connectivity index is 0.000000212. The van der Waals surface area contributed by atoms with Crippen molar-refractivity contribution >= 4 is 60.4 Å². The van der Waals surface area contributed by atoms with Crippen LogP contribution in [0.2, 0.25) is 0 Å². The van der Waals surface area contributed by atoms with E-state index in [9.17, 15) is 0 Å². The van der Waals surface area contributed by atoms with Crippen molar-refractivity contribution < 1.29 is 10.0 Å². The third kappa shape index (κ3) is 11.1. The summed E-state index contributed by atoms with van der Waals surface area (Å²) in [5.41, 5.74) is 5.80. The molecule has 0 spiro atoms. The molecule has 2 aromatic heterocycles. The van der Waals surface area contributed by atoms with Crippen molar-refractivity contribution in [2.75, 3.05) is 0 Å². The minimum Gasteiger partial charge on any atom is -0.423 e. The van der Waals surface area contributed by atoms with E-state index in [0.717, 1.165) is 19.0 Å². The molecule has 0 fully saturated rings. The number of hydrogen-bond acceptors (Lipinski definition) is 4. The Morgan fingerprint density at radius 3 is 1.47 bits per heavy atom. The van der Waals surface area contributed by atoms with Gasteiger partial charge in [0.05, 0.1) is 0 Å². The molecule has 0 bridgehead atoms. The van der Waals surface area contributed by atoms with Crippen LogP contribution in [-0.4, -0.2) is 27.1 Å². The molecule has 0 saturated heterocycles. The van der Waals surface area contributed by atoms with Gasteiger partial charge in [-0.3, -0.25) is 9.97 Å². The number of rotatable bonds is 2. The molecule has 2 heterocycles. The molecular formula is C30H34BBr3N2O2. The minimum atomic E-state index is -1.40. The molecule has 2 aromatic carbocycles. The molecule has 0 atom stereocenters. The molecule has 0 saturated carbocycles. The van der Waals surface area contributed by atoms with Crippen molar-refractivity contribution in [1.29, 1.82) is 0 Å². The van der Waals surface area contributed by atoms with Crippen LogP contribution in [0, 0.1) is 0 Å². The SMILES string of the molecule is CC(C)(C)c1cc(Br)cc(-c2cccnc2)c1.CC(C)(C)c1cc(Br)cc(Br)c1.OB(O)c1cccnc1. The topological polar surface area (TPSA) is 66.2 Å². The Labute approximate surface area is 252 Å². The van der Waals surface area contributed by atoms with Gasteiger partial charge in [-0.15, -0.1) is 0 Å². The molecule has 38 heavy (non-hydrogen) atoms. The number of pyridine rings is 2. The lowest BCUT2D eigenvalue weighted by Crippen LogP contribution is -2.29. The van der Waals surface area contributed by atoms with Crippen molar-refractivity contribution in [1.82, 2.24) is 9.97 Å². The standard InChI is InChI=1S/C15H16BrN.C10H12Br2.C5H6BNO2/c1-15(2,3)13-7-12(8-14(16)9-13)11-5-4-6-17-10-11;1-10(2,3)7-4-8(11)6-9(12)5-7;8-6(9)5-2-1-3-7-4-5/h4-10H,1-3H3;4-6H,1-3H3;1-4,8-9H. The highest BCUT2D eigenvalue weighted by atomic mass is 79.9. The molecule has 4 nitrogen and oxygen atoms in total. The molecule has 0 aliphatic heterocycles. The first-order chi connectivity index (χ1) is 17.7. The van der Waals surface area contributed by atoms with Crippen LogP contribution in [0.1, 0.15) is 52.7 Å².